The Morgan fingerprint density at radius 3 is 2.55 bits per heavy atom. The molecule has 0 aromatic rings. The van der Waals surface area contributed by atoms with Crippen LogP contribution in [0.5, 0.6) is 0 Å². The normalized spacial score (nSPS) is 23.6. The third-order valence-electron chi connectivity index (χ3n) is 3.91. The van der Waals surface area contributed by atoms with Crippen LogP contribution in [0.25, 0.3) is 0 Å². The van der Waals surface area contributed by atoms with E-state index in [4.69, 9.17) is 0 Å². The number of hydrogen-bond acceptors (Lipinski definition) is 3. The van der Waals surface area contributed by atoms with E-state index in [1.54, 1.807) is 13.8 Å². The van der Waals surface area contributed by atoms with Crippen LogP contribution in [0.2, 0.25) is 0 Å². The fourth-order valence-electron chi connectivity index (χ4n) is 2.57. The summed E-state index contributed by atoms with van der Waals surface area (Å²) in [7, 11) is 0. The first kappa shape index (κ1) is 17.3. The maximum absolute atomic E-state index is 12.6. The van der Waals surface area contributed by atoms with E-state index in [9.17, 15) is 9.59 Å². The summed E-state index contributed by atoms with van der Waals surface area (Å²) >= 11 is 1.88. The standard InChI is InChI=1S/C15H28N2O2S/c1-6-11(3)12-13(18)16-15(4,5)14(19)17(12)9-8-10-20-7-2/h11-12H,6-10H2,1-5H3,(H,16,18). The van der Waals surface area contributed by atoms with E-state index in [0.717, 1.165) is 24.3 Å². The lowest BCUT2D eigenvalue weighted by Gasteiger charge is -2.45. The molecule has 20 heavy (non-hydrogen) atoms. The fourth-order valence-corrected chi connectivity index (χ4v) is 3.19. The molecule has 0 aliphatic carbocycles. The smallest absolute Gasteiger partial charge is 0.248 e. The Labute approximate surface area is 127 Å². The van der Waals surface area contributed by atoms with Crippen molar-refractivity contribution < 1.29 is 9.59 Å². The molecule has 1 saturated heterocycles. The van der Waals surface area contributed by atoms with E-state index in [0.29, 0.717) is 6.54 Å². The molecule has 0 saturated carbocycles. The molecule has 0 spiro atoms. The van der Waals surface area contributed by atoms with E-state index >= 15 is 0 Å². The van der Waals surface area contributed by atoms with Crippen molar-refractivity contribution in [3.05, 3.63) is 0 Å². The van der Waals surface area contributed by atoms with Crippen molar-refractivity contribution in [3.8, 4) is 0 Å². The lowest BCUT2D eigenvalue weighted by Crippen LogP contribution is -2.69. The summed E-state index contributed by atoms with van der Waals surface area (Å²) in [5.74, 6) is 2.36. The Bertz CT molecular complexity index is 358. The van der Waals surface area contributed by atoms with Crippen molar-refractivity contribution in [2.45, 2.75) is 59.0 Å². The molecule has 116 valence electrons. The van der Waals surface area contributed by atoms with Gasteiger partial charge in [-0.15, -0.1) is 0 Å². The molecule has 2 amide bonds. The van der Waals surface area contributed by atoms with Gasteiger partial charge in [-0.1, -0.05) is 27.2 Å². The van der Waals surface area contributed by atoms with E-state index in [1.807, 2.05) is 23.6 Å². The van der Waals surface area contributed by atoms with Crippen LogP contribution < -0.4 is 5.32 Å². The number of piperazine rings is 1. The van der Waals surface area contributed by atoms with Gasteiger partial charge in [-0.25, -0.2) is 0 Å². The Morgan fingerprint density at radius 1 is 1.35 bits per heavy atom. The SMILES string of the molecule is CCSCCCN1C(=O)C(C)(C)NC(=O)C1C(C)CC. The number of amides is 2. The van der Waals surface area contributed by atoms with Gasteiger partial charge in [0, 0.05) is 6.54 Å². The second kappa shape index (κ2) is 7.34. The monoisotopic (exact) mass is 300 g/mol. The van der Waals surface area contributed by atoms with Crippen LogP contribution in [0.4, 0.5) is 0 Å². The summed E-state index contributed by atoms with van der Waals surface area (Å²) in [4.78, 5) is 26.7. The third kappa shape index (κ3) is 3.90. The molecule has 1 heterocycles. The highest BCUT2D eigenvalue weighted by Gasteiger charge is 2.46. The van der Waals surface area contributed by atoms with Gasteiger partial charge in [0.2, 0.25) is 11.8 Å². The Hall–Kier alpha value is -0.710. The zero-order chi connectivity index (χ0) is 15.3. The van der Waals surface area contributed by atoms with Crippen molar-refractivity contribution in [1.29, 1.82) is 0 Å². The van der Waals surface area contributed by atoms with Crippen LogP contribution in [-0.4, -0.2) is 46.3 Å². The number of nitrogens with zero attached hydrogens (tertiary/aromatic N) is 1. The minimum Gasteiger partial charge on any atom is -0.340 e. The van der Waals surface area contributed by atoms with Crippen LogP contribution in [0.1, 0.15) is 47.5 Å². The molecule has 0 bridgehead atoms. The largest absolute Gasteiger partial charge is 0.340 e. The number of nitrogens with one attached hydrogen (secondary N) is 1. The van der Waals surface area contributed by atoms with Crippen molar-refractivity contribution in [2.75, 3.05) is 18.1 Å². The highest BCUT2D eigenvalue weighted by Crippen LogP contribution is 2.24. The van der Waals surface area contributed by atoms with Crippen LogP contribution in [0.3, 0.4) is 0 Å². The highest BCUT2D eigenvalue weighted by atomic mass is 32.2. The quantitative estimate of drug-likeness (QED) is 0.734. The first-order chi connectivity index (χ1) is 9.35. The van der Waals surface area contributed by atoms with Crippen LogP contribution in [-0.2, 0) is 9.59 Å². The number of carbonyl (C=O) groups excluding carboxylic acids is 2. The van der Waals surface area contributed by atoms with Gasteiger partial charge in [0.1, 0.15) is 11.6 Å². The average Bonchev–Trinajstić information content (AvgIpc) is 2.38. The van der Waals surface area contributed by atoms with Crippen LogP contribution >= 0.6 is 11.8 Å². The van der Waals surface area contributed by atoms with Gasteiger partial charge in [0.15, 0.2) is 0 Å². The molecule has 5 heteroatoms. The van der Waals surface area contributed by atoms with Crippen molar-refractivity contribution >= 4 is 23.6 Å². The summed E-state index contributed by atoms with van der Waals surface area (Å²) in [6.45, 7) is 10.5. The molecule has 1 aliphatic rings. The predicted molar refractivity (Wildman–Crippen MR) is 84.8 cm³/mol. The molecule has 1 aliphatic heterocycles. The summed E-state index contributed by atoms with van der Waals surface area (Å²) in [5.41, 5.74) is -0.779. The summed E-state index contributed by atoms with van der Waals surface area (Å²) in [6.07, 6.45) is 1.84. The molecule has 1 rings (SSSR count). The predicted octanol–water partition coefficient (Wildman–Crippen LogP) is 2.28. The molecule has 0 aromatic carbocycles. The first-order valence-corrected chi connectivity index (χ1v) is 8.71. The minimum atomic E-state index is -0.779. The number of thioether (sulfide) groups is 1. The van der Waals surface area contributed by atoms with Gasteiger partial charge in [0.05, 0.1) is 0 Å². The lowest BCUT2D eigenvalue weighted by molar-refractivity contribution is -0.155. The molecule has 4 nitrogen and oxygen atoms in total. The van der Waals surface area contributed by atoms with Crippen LogP contribution in [0, 0.1) is 5.92 Å². The van der Waals surface area contributed by atoms with Crippen molar-refractivity contribution in [1.82, 2.24) is 10.2 Å². The van der Waals surface area contributed by atoms with Crippen LogP contribution in [0.15, 0.2) is 0 Å². The molecule has 1 fully saturated rings. The molecule has 0 aromatic heterocycles. The zero-order valence-corrected chi connectivity index (χ0v) is 14.2. The van der Waals surface area contributed by atoms with Gasteiger partial charge in [-0.3, -0.25) is 9.59 Å². The Kier molecular flexibility index (Phi) is 6.37. The van der Waals surface area contributed by atoms with Gasteiger partial charge < -0.3 is 10.2 Å². The third-order valence-corrected chi connectivity index (χ3v) is 4.90. The van der Waals surface area contributed by atoms with Gasteiger partial charge >= 0.3 is 0 Å². The Morgan fingerprint density at radius 2 is 2.00 bits per heavy atom. The number of rotatable bonds is 7. The van der Waals surface area contributed by atoms with E-state index < -0.39 is 5.54 Å². The first-order valence-electron chi connectivity index (χ1n) is 7.56. The topological polar surface area (TPSA) is 49.4 Å². The van der Waals surface area contributed by atoms with Gasteiger partial charge in [-0.05, 0) is 37.7 Å². The van der Waals surface area contributed by atoms with E-state index in [1.165, 1.54) is 0 Å². The second-order valence-corrected chi connectivity index (χ2v) is 7.39. The molecule has 0 radical (unpaired) electrons. The summed E-state index contributed by atoms with van der Waals surface area (Å²) in [5, 5.41) is 2.87. The van der Waals surface area contributed by atoms with Gasteiger partial charge in [-0.2, -0.15) is 11.8 Å². The van der Waals surface area contributed by atoms with Gasteiger partial charge in [0.25, 0.3) is 0 Å². The Balaban J connectivity index is 2.83. The van der Waals surface area contributed by atoms with Crippen molar-refractivity contribution in [2.24, 2.45) is 5.92 Å². The summed E-state index contributed by atoms with van der Waals surface area (Å²) < 4.78 is 0. The average molecular weight is 300 g/mol. The molecule has 1 N–H and O–H groups in total. The molecular formula is C15H28N2O2S. The molecule has 2 unspecified atom stereocenters. The minimum absolute atomic E-state index is 0.00732. The van der Waals surface area contributed by atoms with E-state index in [2.05, 4.69) is 19.2 Å². The maximum atomic E-state index is 12.6. The van der Waals surface area contributed by atoms with E-state index in [-0.39, 0.29) is 23.8 Å². The van der Waals surface area contributed by atoms with Crippen molar-refractivity contribution in [3.63, 3.8) is 0 Å². The zero-order valence-electron chi connectivity index (χ0n) is 13.4. The summed E-state index contributed by atoms with van der Waals surface area (Å²) in [6, 6.07) is -0.313. The molecule has 2 atom stereocenters. The lowest BCUT2D eigenvalue weighted by atomic mass is 9.89. The number of carbonyl (C=O) groups is 2. The number of hydrogen-bond donors (Lipinski definition) is 1. The highest BCUT2D eigenvalue weighted by molar-refractivity contribution is 7.99. The molecular weight excluding hydrogens is 272 g/mol. The fraction of sp³-hybridized carbons (Fsp3) is 0.867. The second-order valence-electron chi connectivity index (χ2n) is 5.99. The maximum Gasteiger partial charge on any atom is 0.248 e.